The van der Waals surface area contributed by atoms with Gasteiger partial charge in [0.2, 0.25) is 0 Å². The van der Waals surface area contributed by atoms with Crippen LogP contribution in [-0.4, -0.2) is 21.2 Å². The molecule has 1 atom stereocenters. The van der Waals surface area contributed by atoms with Crippen LogP contribution in [0.4, 0.5) is 0 Å². The first-order valence-corrected chi connectivity index (χ1v) is 3.92. The minimum absolute atomic E-state index is 0.287. The lowest BCUT2D eigenvalue weighted by Crippen LogP contribution is -2.05. The maximum absolute atomic E-state index is 10.3. The van der Waals surface area contributed by atoms with E-state index in [1.807, 2.05) is 6.92 Å². The molecule has 1 rings (SSSR count). The number of carboxylic acids is 1. The predicted molar refractivity (Wildman–Crippen MR) is 46.2 cm³/mol. The first-order chi connectivity index (χ1) is 6.09. The number of rotatable bonds is 3. The van der Waals surface area contributed by atoms with E-state index in [1.165, 1.54) is 6.20 Å². The van der Waals surface area contributed by atoms with Gasteiger partial charge in [0, 0.05) is 11.9 Å². The number of aryl methyl sites for hydroxylation is 1. The molecule has 4 heteroatoms. The van der Waals surface area contributed by atoms with Crippen LogP contribution in [0.5, 0.6) is 0 Å². The van der Waals surface area contributed by atoms with Crippen molar-refractivity contribution < 1.29 is 15.0 Å². The molecular weight excluding hydrogens is 170 g/mol. The van der Waals surface area contributed by atoms with Crippen molar-refractivity contribution in [3.8, 4) is 0 Å². The molecule has 2 N–H and O–H groups in total. The summed E-state index contributed by atoms with van der Waals surface area (Å²) in [6, 6.07) is 3.41. The number of aliphatic carboxylic acids is 1. The van der Waals surface area contributed by atoms with Gasteiger partial charge in [-0.05, 0) is 18.6 Å². The highest BCUT2D eigenvalue weighted by Gasteiger charge is 2.11. The molecule has 0 radical (unpaired) electrons. The van der Waals surface area contributed by atoms with Crippen LogP contribution in [0.15, 0.2) is 18.3 Å². The van der Waals surface area contributed by atoms with Gasteiger partial charge in [-0.1, -0.05) is 6.07 Å². The van der Waals surface area contributed by atoms with E-state index in [1.54, 1.807) is 12.1 Å². The van der Waals surface area contributed by atoms with Gasteiger partial charge in [-0.3, -0.25) is 9.78 Å². The number of pyridine rings is 1. The molecule has 0 bridgehead atoms. The molecule has 1 aromatic rings. The van der Waals surface area contributed by atoms with E-state index in [4.69, 9.17) is 5.11 Å². The molecule has 0 saturated heterocycles. The van der Waals surface area contributed by atoms with Crippen molar-refractivity contribution >= 4 is 5.97 Å². The van der Waals surface area contributed by atoms with Crippen LogP contribution in [0, 0.1) is 6.92 Å². The normalized spacial score (nSPS) is 12.5. The Hall–Kier alpha value is -1.42. The lowest BCUT2D eigenvalue weighted by atomic mass is 10.1. The number of nitrogens with zero attached hydrogens (tertiary/aromatic N) is 1. The zero-order valence-electron chi connectivity index (χ0n) is 7.27. The van der Waals surface area contributed by atoms with Gasteiger partial charge >= 0.3 is 5.97 Å². The van der Waals surface area contributed by atoms with Crippen LogP contribution in [-0.2, 0) is 4.79 Å². The van der Waals surface area contributed by atoms with E-state index in [-0.39, 0.29) is 6.42 Å². The van der Waals surface area contributed by atoms with Gasteiger partial charge in [-0.15, -0.1) is 0 Å². The molecule has 1 aromatic heterocycles. The average Bonchev–Trinajstić information content (AvgIpc) is 2.04. The van der Waals surface area contributed by atoms with Crippen LogP contribution in [0.1, 0.15) is 23.8 Å². The predicted octanol–water partition coefficient (Wildman–Crippen LogP) is 0.898. The fraction of sp³-hybridized carbons (Fsp3) is 0.333. The van der Waals surface area contributed by atoms with Crippen molar-refractivity contribution in [1.82, 2.24) is 4.98 Å². The Morgan fingerprint density at radius 2 is 2.31 bits per heavy atom. The molecule has 70 valence electrons. The third-order valence-corrected chi connectivity index (χ3v) is 1.69. The number of hydrogen-bond acceptors (Lipinski definition) is 3. The first kappa shape index (κ1) is 9.67. The van der Waals surface area contributed by atoms with Crippen molar-refractivity contribution in [3.63, 3.8) is 0 Å². The molecule has 0 aliphatic heterocycles. The number of carboxylic acid groups (broad SMARTS) is 1. The van der Waals surface area contributed by atoms with Gasteiger partial charge in [0.25, 0.3) is 0 Å². The highest BCUT2D eigenvalue weighted by Crippen LogP contribution is 2.15. The summed E-state index contributed by atoms with van der Waals surface area (Å²) >= 11 is 0. The molecule has 0 fully saturated rings. The summed E-state index contributed by atoms with van der Waals surface area (Å²) in [5, 5.41) is 17.8. The number of aliphatic hydroxyl groups is 1. The molecule has 4 nitrogen and oxygen atoms in total. The van der Waals surface area contributed by atoms with E-state index >= 15 is 0 Å². The van der Waals surface area contributed by atoms with Crippen LogP contribution in [0.25, 0.3) is 0 Å². The molecule has 0 aliphatic carbocycles. The topological polar surface area (TPSA) is 70.4 Å². The maximum Gasteiger partial charge on any atom is 0.306 e. The lowest BCUT2D eigenvalue weighted by molar-refractivity contribution is -0.139. The molecule has 0 amide bonds. The second-order valence-corrected chi connectivity index (χ2v) is 2.85. The summed E-state index contributed by atoms with van der Waals surface area (Å²) in [6.07, 6.45) is 0.235. The van der Waals surface area contributed by atoms with Crippen LogP contribution < -0.4 is 0 Å². The van der Waals surface area contributed by atoms with Gasteiger partial charge in [0.15, 0.2) is 0 Å². The second-order valence-electron chi connectivity index (χ2n) is 2.85. The third-order valence-electron chi connectivity index (χ3n) is 1.69. The molecule has 1 unspecified atom stereocenters. The largest absolute Gasteiger partial charge is 0.481 e. The Bertz CT molecular complexity index is 294. The van der Waals surface area contributed by atoms with Crippen molar-refractivity contribution in [2.75, 3.05) is 0 Å². The van der Waals surface area contributed by atoms with E-state index in [0.29, 0.717) is 5.56 Å². The monoisotopic (exact) mass is 181 g/mol. The standard InChI is InChI=1S/C9H11NO3/c1-6-2-3-7(5-10-6)8(11)4-9(12)13/h2-3,5,8,11H,4H2,1H3,(H,12,13). The zero-order valence-corrected chi connectivity index (χ0v) is 7.27. The fourth-order valence-corrected chi connectivity index (χ4v) is 0.960. The van der Waals surface area contributed by atoms with Crippen molar-refractivity contribution in [2.45, 2.75) is 19.4 Å². The molecule has 1 heterocycles. The van der Waals surface area contributed by atoms with Crippen LogP contribution >= 0.6 is 0 Å². The third kappa shape index (κ3) is 2.83. The van der Waals surface area contributed by atoms with E-state index < -0.39 is 12.1 Å². The summed E-state index contributed by atoms with van der Waals surface area (Å²) in [7, 11) is 0. The highest BCUT2D eigenvalue weighted by atomic mass is 16.4. The molecule has 0 aliphatic rings. The summed E-state index contributed by atoms with van der Waals surface area (Å²) < 4.78 is 0. The van der Waals surface area contributed by atoms with Gasteiger partial charge in [0.05, 0.1) is 12.5 Å². The van der Waals surface area contributed by atoms with Crippen LogP contribution in [0.2, 0.25) is 0 Å². The van der Waals surface area contributed by atoms with Gasteiger partial charge in [0.1, 0.15) is 0 Å². The molecule has 0 aromatic carbocycles. The number of aromatic nitrogens is 1. The Balaban J connectivity index is 2.71. The van der Waals surface area contributed by atoms with E-state index in [2.05, 4.69) is 4.98 Å². The van der Waals surface area contributed by atoms with Crippen molar-refractivity contribution in [1.29, 1.82) is 0 Å². The summed E-state index contributed by atoms with van der Waals surface area (Å²) in [4.78, 5) is 14.2. The van der Waals surface area contributed by atoms with Gasteiger partial charge in [-0.2, -0.15) is 0 Å². The van der Waals surface area contributed by atoms with E-state index in [9.17, 15) is 9.90 Å². The maximum atomic E-state index is 10.3. The smallest absolute Gasteiger partial charge is 0.306 e. The first-order valence-electron chi connectivity index (χ1n) is 3.92. The Kier molecular flexibility index (Phi) is 2.97. The number of aliphatic hydroxyl groups excluding tert-OH is 1. The van der Waals surface area contributed by atoms with Crippen LogP contribution in [0.3, 0.4) is 0 Å². The SMILES string of the molecule is Cc1ccc(C(O)CC(=O)O)cn1. The van der Waals surface area contributed by atoms with E-state index in [0.717, 1.165) is 5.69 Å². The molecular formula is C9H11NO3. The Morgan fingerprint density at radius 3 is 2.77 bits per heavy atom. The molecule has 13 heavy (non-hydrogen) atoms. The minimum atomic E-state index is -1.02. The summed E-state index contributed by atoms with van der Waals surface area (Å²) in [6.45, 7) is 1.83. The highest BCUT2D eigenvalue weighted by molar-refractivity contribution is 5.67. The van der Waals surface area contributed by atoms with Gasteiger partial charge in [-0.25, -0.2) is 0 Å². The van der Waals surface area contributed by atoms with Gasteiger partial charge < -0.3 is 10.2 Å². The Morgan fingerprint density at radius 1 is 1.62 bits per heavy atom. The molecule has 0 spiro atoms. The summed E-state index contributed by atoms with van der Waals surface area (Å²) in [5.41, 5.74) is 1.37. The summed E-state index contributed by atoms with van der Waals surface area (Å²) in [5.74, 6) is -1.02. The minimum Gasteiger partial charge on any atom is -0.481 e. The lowest BCUT2D eigenvalue weighted by Gasteiger charge is -2.07. The zero-order chi connectivity index (χ0) is 9.84. The quantitative estimate of drug-likeness (QED) is 0.726. The average molecular weight is 181 g/mol. The molecule has 0 saturated carbocycles. The Labute approximate surface area is 75.9 Å². The van der Waals surface area contributed by atoms with Crippen molar-refractivity contribution in [3.05, 3.63) is 29.6 Å². The number of carbonyl (C=O) groups is 1. The second kappa shape index (κ2) is 4.00. The fourth-order valence-electron chi connectivity index (χ4n) is 0.960. The number of hydrogen-bond donors (Lipinski definition) is 2. The van der Waals surface area contributed by atoms with Crippen molar-refractivity contribution in [2.24, 2.45) is 0 Å².